The minimum absolute atomic E-state index is 0.208. The molecular formula is C26H18F4N6. The van der Waals surface area contributed by atoms with Gasteiger partial charge in [-0.15, -0.1) is 0 Å². The molecule has 0 aliphatic carbocycles. The number of nitrogens with zero attached hydrogens (tertiary/aromatic N) is 6. The molecule has 0 amide bonds. The van der Waals surface area contributed by atoms with Crippen molar-refractivity contribution in [2.45, 2.75) is 13.1 Å². The maximum atomic E-state index is 13.4. The zero-order chi connectivity index (χ0) is 25.3. The smallest absolute Gasteiger partial charge is 0.279 e. The van der Waals surface area contributed by atoms with E-state index in [0.717, 1.165) is 22.0 Å². The molecule has 0 fully saturated rings. The summed E-state index contributed by atoms with van der Waals surface area (Å²) in [5.41, 5.74) is 1.83. The first-order valence-electron chi connectivity index (χ1n) is 10.8. The second kappa shape index (κ2) is 9.21. The minimum Gasteiger partial charge on any atom is -0.279 e. The molecule has 36 heavy (non-hydrogen) atoms. The van der Waals surface area contributed by atoms with Crippen LogP contribution in [0, 0.1) is 12.9 Å². The number of rotatable bonds is 5. The number of anilines is 3. The molecule has 0 N–H and O–H groups in total. The summed E-state index contributed by atoms with van der Waals surface area (Å²) in [5, 5.41) is 3.63. The highest BCUT2D eigenvalue weighted by atomic mass is 19.4. The van der Waals surface area contributed by atoms with Gasteiger partial charge in [0.25, 0.3) is 0 Å². The van der Waals surface area contributed by atoms with E-state index < -0.39 is 17.8 Å². The van der Waals surface area contributed by atoms with Crippen molar-refractivity contribution in [2.24, 2.45) is 0 Å². The summed E-state index contributed by atoms with van der Waals surface area (Å²) >= 11 is 0. The van der Waals surface area contributed by atoms with Crippen LogP contribution in [-0.2, 0) is 6.18 Å². The van der Waals surface area contributed by atoms with Gasteiger partial charge in [-0.2, -0.15) is 22.7 Å². The normalized spacial score (nSPS) is 11.5. The van der Waals surface area contributed by atoms with Crippen LogP contribution in [0.1, 0.15) is 11.3 Å². The molecule has 4 aromatic heterocycles. The number of aryl methyl sites for hydroxylation is 1. The highest BCUT2D eigenvalue weighted by molar-refractivity contribution is 5.74. The van der Waals surface area contributed by atoms with Gasteiger partial charge in [-0.05, 0) is 67.1 Å². The van der Waals surface area contributed by atoms with Crippen LogP contribution in [0.2, 0.25) is 0 Å². The molecule has 0 saturated carbocycles. The first-order chi connectivity index (χ1) is 17.3. The van der Waals surface area contributed by atoms with Gasteiger partial charge in [0.2, 0.25) is 5.95 Å². The first kappa shape index (κ1) is 23.2. The summed E-state index contributed by atoms with van der Waals surface area (Å²) in [7, 11) is 0. The average molecular weight is 490 g/mol. The molecule has 0 unspecified atom stereocenters. The predicted octanol–water partition coefficient (Wildman–Crippen LogP) is 6.66. The molecule has 0 bridgehead atoms. The summed E-state index contributed by atoms with van der Waals surface area (Å²) in [6, 6.07) is 21.8. The van der Waals surface area contributed by atoms with Crippen LogP contribution in [0.5, 0.6) is 0 Å². The summed E-state index contributed by atoms with van der Waals surface area (Å²) in [6.07, 6.45) is -1.94. The molecule has 0 spiro atoms. The van der Waals surface area contributed by atoms with E-state index in [0.29, 0.717) is 22.9 Å². The van der Waals surface area contributed by atoms with E-state index in [1.54, 1.807) is 29.2 Å². The molecule has 10 heteroatoms. The van der Waals surface area contributed by atoms with Gasteiger partial charge in [0.15, 0.2) is 11.5 Å². The summed E-state index contributed by atoms with van der Waals surface area (Å²) in [5.74, 6) is 0.552. The Balaban J connectivity index is 1.62. The van der Waals surface area contributed by atoms with E-state index >= 15 is 0 Å². The van der Waals surface area contributed by atoms with Gasteiger partial charge in [0.05, 0.1) is 5.69 Å². The second-order valence-electron chi connectivity index (χ2n) is 7.93. The Kier molecular flexibility index (Phi) is 5.93. The van der Waals surface area contributed by atoms with Crippen molar-refractivity contribution >= 4 is 17.3 Å². The fourth-order valence-corrected chi connectivity index (χ4v) is 3.66. The summed E-state index contributed by atoms with van der Waals surface area (Å²) in [6.45, 7) is 1.90. The van der Waals surface area contributed by atoms with Gasteiger partial charge in [-0.3, -0.25) is 4.90 Å². The number of halogens is 4. The third-order valence-corrected chi connectivity index (χ3v) is 5.29. The minimum atomic E-state index is -4.56. The van der Waals surface area contributed by atoms with Gasteiger partial charge >= 0.3 is 6.18 Å². The Morgan fingerprint density at radius 3 is 2.33 bits per heavy atom. The third-order valence-electron chi connectivity index (χ3n) is 5.29. The molecule has 0 saturated heterocycles. The molecule has 6 nitrogen and oxygen atoms in total. The van der Waals surface area contributed by atoms with Crippen molar-refractivity contribution in [3.05, 3.63) is 108 Å². The van der Waals surface area contributed by atoms with Crippen molar-refractivity contribution in [3.8, 4) is 17.1 Å². The van der Waals surface area contributed by atoms with Crippen molar-refractivity contribution in [1.29, 1.82) is 0 Å². The molecule has 0 radical (unpaired) electrons. The van der Waals surface area contributed by atoms with Crippen molar-refractivity contribution < 1.29 is 17.6 Å². The van der Waals surface area contributed by atoms with Crippen LogP contribution in [0.25, 0.3) is 17.1 Å². The van der Waals surface area contributed by atoms with Crippen molar-refractivity contribution in [3.63, 3.8) is 0 Å². The Labute approximate surface area is 203 Å². The number of para-hydroxylation sites is 1. The molecule has 0 aliphatic rings. The predicted molar refractivity (Wildman–Crippen MR) is 127 cm³/mol. The fourth-order valence-electron chi connectivity index (χ4n) is 3.66. The maximum Gasteiger partial charge on any atom is 0.435 e. The molecule has 180 valence electrons. The van der Waals surface area contributed by atoms with Crippen LogP contribution >= 0.6 is 0 Å². The quantitative estimate of drug-likeness (QED) is 0.204. The van der Waals surface area contributed by atoms with E-state index in [-0.39, 0.29) is 5.82 Å². The lowest BCUT2D eigenvalue weighted by molar-refractivity contribution is -0.141. The van der Waals surface area contributed by atoms with Gasteiger partial charge in [-0.25, -0.2) is 19.6 Å². The highest BCUT2D eigenvalue weighted by Gasteiger charge is 2.33. The SMILES string of the molecule is Cc1cc(-c2ccc(F)nc2)nc(N(c2ccccc2)c2cccc(-n3ccc(C(F)(F)F)n3)n2)c1. The van der Waals surface area contributed by atoms with Crippen LogP contribution in [0.15, 0.2) is 91.3 Å². The monoisotopic (exact) mass is 490 g/mol. The third kappa shape index (κ3) is 4.78. The summed E-state index contributed by atoms with van der Waals surface area (Å²) in [4.78, 5) is 14.9. The Morgan fingerprint density at radius 1 is 0.833 bits per heavy atom. The van der Waals surface area contributed by atoms with E-state index in [1.807, 2.05) is 49.4 Å². The Hall–Kier alpha value is -4.60. The number of hydrogen-bond acceptors (Lipinski definition) is 5. The molecule has 5 rings (SSSR count). The largest absolute Gasteiger partial charge is 0.435 e. The highest BCUT2D eigenvalue weighted by Crippen LogP contribution is 2.34. The van der Waals surface area contributed by atoms with Crippen molar-refractivity contribution in [1.82, 2.24) is 24.7 Å². The van der Waals surface area contributed by atoms with Gasteiger partial charge in [-0.1, -0.05) is 24.3 Å². The van der Waals surface area contributed by atoms with E-state index in [4.69, 9.17) is 4.98 Å². The number of hydrogen-bond donors (Lipinski definition) is 0. The zero-order valence-electron chi connectivity index (χ0n) is 18.9. The average Bonchev–Trinajstić information content (AvgIpc) is 3.37. The fraction of sp³-hybridized carbons (Fsp3) is 0.0769. The molecule has 1 aromatic carbocycles. The van der Waals surface area contributed by atoms with Gasteiger partial charge in [0.1, 0.15) is 11.6 Å². The van der Waals surface area contributed by atoms with Crippen LogP contribution in [0.4, 0.5) is 34.9 Å². The lowest BCUT2D eigenvalue weighted by Gasteiger charge is -2.24. The van der Waals surface area contributed by atoms with Gasteiger partial charge in [0, 0.05) is 23.6 Å². The maximum absolute atomic E-state index is 13.4. The van der Waals surface area contributed by atoms with Crippen LogP contribution in [0.3, 0.4) is 0 Å². The molecule has 4 heterocycles. The molecule has 0 atom stereocenters. The topological polar surface area (TPSA) is 59.7 Å². The van der Waals surface area contributed by atoms with Crippen LogP contribution in [-0.4, -0.2) is 24.7 Å². The Morgan fingerprint density at radius 2 is 1.64 bits per heavy atom. The van der Waals surface area contributed by atoms with E-state index in [9.17, 15) is 17.6 Å². The lowest BCUT2D eigenvalue weighted by atomic mass is 10.1. The number of aromatic nitrogens is 5. The standard InChI is InChI=1S/C26H18F4N6/c1-17-14-20(18-10-11-22(27)31-16-18)32-25(15-17)36(19-6-3-2-4-7-19)24-9-5-8-23(33-24)35-13-12-21(34-35)26(28,29)30/h2-16H,1H3. The Bertz CT molecular complexity index is 1500. The van der Waals surface area contributed by atoms with E-state index in [2.05, 4.69) is 15.1 Å². The van der Waals surface area contributed by atoms with Crippen LogP contribution < -0.4 is 4.90 Å². The molecular weight excluding hydrogens is 472 g/mol. The summed E-state index contributed by atoms with van der Waals surface area (Å²) < 4.78 is 53.6. The first-order valence-corrected chi connectivity index (χ1v) is 10.8. The lowest BCUT2D eigenvalue weighted by Crippen LogP contribution is -2.15. The zero-order valence-corrected chi connectivity index (χ0v) is 18.9. The van der Waals surface area contributed by atoms with Gasteiger partial charge < -0.3 is 0 Å². The second-order valence-corrected chi connectivity index (χ2v) is 7.93. The van der Waals surface area contributed by atoms with Crippen molar-refractivity contribution in [2.75, 3.05) is 4.90 Å². The number of pyridine rings is 3. The molecule has 0 aliphatic heterocycles. The van der Waals surface area contributed by atoms with E-state index in [1.165, 1.54) is 18.5 Å². The molecule has 5 aromatic rings. The number of alkyl halides is 3. The number of benzene rings is 1.